The van der Waals surface area contributed by atoms with E-state index in [2.05, 4.69) is 20.8 Å². The second-order valence-corrected chi connectivity index (χ2v) is 5.73. The van der Waals surface area contributed by atoms with E-state index in [0.717, 1.165) is 0 Å². The van der Waals surface area contributed by atoms with Crippen LogP contribution in [0.3, 0.4) is 0 Å². The SMILES string of the molecule is Cc1nn(-c2ccccc2)nc1C(=O)Nc1ccccc1NCC(F)(F)F. The molecule has 2 aromatic carbocycles. The monoisotopic (exact) mass is 375 g/mol. The first-order valence-electron chi connectivity index (χ1n) is 8.04. The van der Waals surface area contributed by atoms with Gasteiger partial charge in [0.25, 0.3) is 5.91 Å². The average molecular weight is 375 g/mol. The standard InChI is InChI=1S/C18H16F3N5O/c1-12-16(25-26(24-12)13-7-3-2-4-8-13)17(27)23-15-10-6-5-9-14(15)22-11-18(19,20)21/h2-10,22H,11H2,1H3,(H,23,27). The van der Waals surface area contributed by atoms with Crippen LogP contribution in [0.4, 0.5) is 24.5 Å². The molecule has 3 rings (SSSR count). The summed E-state index contributed by atoms with van der Waals surface area (Å²) in [6.07, 6.45) is -4.37. The van der Waals surface area contributed by atoms with Crippen molar-refractivity contribution in [2.24, 2.45) is 0 Å². The summed E-state index contributed by atoms with van der Waals surface area (Å²) in [6, 6.07) is 15.2. The summed E-state index contributed by atoms with van der Waals surface area (Å²) < 4.78 is 37.3. The molecule has 6 nitrogen and oxygen atoms in total. The zero-order valence-corrected chi connectivity index (χ0v) is 14.3. The molecule has 140 valence electrons. The number of hydrogen-bond acceptors (Lipinski definition) is 4. The van der Waals surface area contributed by atoms with Gasteiger partial charge in [-0.15, -0.1) is 5.10 Å². The number of carbonyl (C=O) groups is 1. The number of carbonyl (C=O) groups excluding carboxylic acids is 1. The van der Waals surface area contributed by atoms with Gasteiger partial charge in [0.15, 0.2) is 5.69 Å². The van der Waals surface area contributed by atoms with Crippen LogP contribution >= 0.6 is 0 Å². The van der Waals surface area contributed by atoms with E-state index in [-0.39, 0.29) is 17.1 Å². The lowest BCUT2D eigenvalue weighted by atomic mass is 10.2. The van der Waals surface area contributed by atoms with Gasteiger partial charge in [0.05, 0.1) is 22.8 Å². The molecule has 9 heteroatoms. The van der Waals surface area contributed by atoms with Crippen molar-refractivity contribution in [2.45, 2.75) is 13.1 Å². The van der Waals surface area contributed by atoms with E-state index in [4.69, 9.17) is 0 Å². The number of benzene rings is 2. The average Bonchev–Trinajstić information content (AvgIpc) is 3.03. The van der Waals surface area contributed by atoms with E-state index in [0.29, 0.717) is 11.4 Å². The van der Waals surface area contributed by atoms with Crippen LogP contribution in [0, 0.1) is 6.92 Å². The zero-order chi connectivity index (χ0) is 19.4. The molecule has 2 N–H and O–H groups in total. The molecule has 1 heterocycles. The Labute approximate surface area is 153 Å². The van der Waals surface area contributed by atoms with Crippen LogP contribution in [0.5, 0.6) is 0 Å². The highest BCUT2D eigenvalue weighted by atomic mass is 19.4. The van der Waals surface area contributed by atoms with Crippen LogP contribution in [-0.4, -0.2) is 33.6 Å². The van der Waals surface area contributed by atoms with Crippen molar-refractivity contribution in [1.29, 1.82) is 0 Å². The molecule has 0 atom stereocenters. The van der Waals surface area contributed by atoms with Gasteiger partial charge in [-0.3, -0.25) is 4.79 Å². The van der Waals surface area contributed by atoms with Gasteiger partial charge in [0.2, 0.25) is 0 Å². The Hall–Kier alpha value is -3.36. The second-order valence-electron chi connectivity index (χ2n) is 5.73. The summed E-state index contributed by atoms with van der Waals surface area (Å²) in [4.78, 5) is 13.9. The quantitative estimate of drug-likeness (QED) is 0.712. The smallest absolute Gasteiger partial charge is 0.375 e. The number of aromatic nitrogens is 3. The molecule has 0 spiro atoms. The largest absolute Gasteiger partial charge is 0.405 e. The van der Waals surface area contributed by atoms with E-state index in [1.165, 1.54) is 16.9 Å². The van der Waals surface area contributed by atoms with Gasteiger partial charge in [0, 0.05) is 0 Å². The number of nitrogens with zero attached hydrogens (tertiary/aromatic N) is 3. The fraction of sp³-hybridized carbons (Fsp3) is 0.167. The van der Waals surface area contributed by atoms with Crippen LogP contribution in [0.2, 0.25) is 0 Å². The molecule has 0 aliphatic heterocycles. The van der Waals surface area contributed by atoms with Crippen molar-refractivity contribution in [3.05, 3.63) is 66.0 Å². The second kappa shape index (κ2) is 7.48. The minimum absolute atomic E-state index is 0.0875. The van der Waals surface area contributed by atoms with Crippen LogP contribution in [0.15, 0.2) is 54.6 Å². The maximum atomic E-state index is 12.6. The number of hydrogen-bond donors (Lipinski definition) is 2. The number of alkyl halides is 3. The lowest BCUT2D eigenvalue weighted by Crippen LogP contribution is -2.22. The zero-order valence-electron chi connectivity index (χ0n) is 14.3. The topological polar surface area (TPSA) is 71.8 Å². The first-order valence-corrected chi connectivity index (χ1v) is 8.04. The highest BCUT2D eigenvalue weighted by molar-refractivity contribution is 6.05. The molecule has 0 bridgehead atoms. The van der Waals surface area contributed by atoms with Crippen LogP contribution in [0.1, 0.15) is 16.2 Å². The van der Waals surface area contributed by atoms with Crippen molar-refractivity contribution >= 4 is 17.3 Å². The van der Waals surface area contributed by atoms with E-state index in [9.17, 15) is 18.0 Å². The summed E-state index contributed by atoms with van der Waals surface area (Å²) >= 11 is 0. The summed E-state index contributed by atoms with van der Waals surface area (Å²) in [6.45, 7) is 0.429. The molecule has 0 fully saturated rings. The number of para-hydroxylation sites is 3. The Bertz CT molecular complexity index is 938. The van der Waals surface area contributed by atoms with E-state index in [1.54, 1.807) is 31.2 Å². The first kappa shape index (κ1) is 18.4. The van der Waals surface area contributed by atoms with Crippen LogP contribution < -0.4 is 10.6 Å². The Kier molecular flexibility index (Phi) is 5.11. The fourth-order valence-electron chi connectivity index (χ4n) is 2.39. The fourth-order valence-corrected chi connectivity index (χ4v) is 2.39. The lowest BCUT2D eigenvalue weighted by molar-refractivity contribution is -0.115. The summed E-state index contributed by atoms with van der Waals surface area (Å²) in [5.41, 5.74) is 1.56. The molecule has 27 heavy (non-hydrogen) atoms. The lowest BCUT2D eigenvalue weighted by Gasteiger charge is -2.14. The minimum Gasteiger partial charge on any atom is -0.375 e. The van der Waals surface area contributed by atoms with Crippen LogP contribution in [-0.2, 0) is 0 Å². The third-order valence-corrected chi connectivity index (χ3v) is 3.64. The van der Waals surface area contributed by atoms with Crippen LogP contribution in [0.25, 0.3) is 5.69 Å². The number of halogens is 3. The molecule has 0 saturated heterocycles. The van der Waals surface area contributed by atoms with E-state index >= 15 is 0 Å². The Morgan fingerprint density at radius 1 is 1.00 bits per heavy atom. The van der Waals surface area contributed by atoms with Crippen molar-refractivity contribution in [3.63, 3.8) is 0 Å². The summed E-state index contributed by atoms with van der Waals surface area (Å²) in [7, 11) is 0. The molecule has 0 radical (unpaired) electrons. The molecular weight excluding hydrogens is 359 g/mol. The normalized spacial score (nSPS) is 11.3. The van der Waals surface area contributed by atoms with Gasteiger partial charge in [-0.25, -0.2) is 0 Å². The Morgan fingerprint density at radius 2 is 1.63 bits per heavy atom. The molecule has 1 amide bonds. The number of rotatable bonds is 5. The highest BCUT2D eigenvalue weighted by Gasteiger charge is 2.27. The van der Waals surface area contributed by atoms with Gasteiger partial charge in [0.1, 0.15) is 6.54 Å². The molecule has 1 aromatic heterocycles. The van der Waals surface area contributed by atoms with E-state index in [1.807, 2.05) is 18.2 Å². The third-order valence-electron chi connectivity index (χ3n) is 3.64. The Morgan fingerprint density at radius 3 is 2.30 bits per heavy atom. The molecule has 3 aromatic rings. The van der Waals surface area contributed by atoms with Gasteiger partial charge in [-0.05, 0) is 31.2 Å². The molecule has 0 aliphatic carbocycles. The Balaban J connectivity index is 1.80. The van der Waals surface area contributed by atoms with Gasteiger partial charge < -0.3 is 10.6 Å². The molecule has 0 saturated carbocycles. The van der Waals surface area contributed by atoms with Gasteiger partial charge in [-0.1, -0.05) is 30.3 Å². The summed E-state index contributed by atoms with van der Waals surface area (Å²) in [5, 5.41) is 13.3. The van der Waals surface area contributed by atoms with Crippen molar-refractivity contribution in [2.75, 3.05) is 17.2 Å². The van der Waals surface area contributed by atoms with Gasteiger partial charge >= 0.3 is 6.18 Å². The summed E-state index contributed by atoms with van der Waals surface area (Å²) in [5.74, 6) is -0.559. The predicted molar refractivity (Wildman–Crippen MR) is 95.0 cm³/mol. The minimum atomic E-state index is -4.37. The van der Waals surface area contributed by atoms with E-state index < -0.39 is 18.6 Å². The molecule has 0 unspecified atom stereocenters. The number of amides is 1. The highest BCUT2D eigenvalue weighted by Crippen LogP contribution is 2.24. The van der Waals surface area contributed by atoms with Gasteiger partial charge in [-0.2, -0.15) is 23.1 Å². The first-order chi connectivity index (χ1) is 12.8. The van der Waals surface area contributed by atoms with Crippen molar-refractivity contribution in [1.82, 2.24) is 15.0 Å². The molecular formula is C18H16F3N5O. The third kappa shape index (κ3) is 4.63. The number of aryl methyl sites for hydroxylation is 1. The van der Waals surface area contributed by atoms with Crippen molar-refractivity contribution < 1.29 is 18.0 Å². The maximum Gasteiger partial charge on any atom is 0.405 e. The van der Waals surface area contributed by atoms with Crippen molar-refractivity contribution in [3.8, 4) is 5.69 Å². The molecule has 0 aliphatic rings. The predicted octanol–water partition coefficient (Wildman–Crippen LogP) is 3.80. The number of anilines is 2. The number of nitrogens with one attached hydrogen (secondary N) is 2. The maximum absolute atomic E-state index is 12.6.